The lowest BCUT2D eigenvalue weighted by atomic mass is 10.1. The number of hydrogen-bond donors (Lipinski definition) is 2. The molecule has 8 heteroatoms. The summed E-state index contributed by atoms with van der Waals surface area (Å²) in [6, 6.07) is 3.74. The monoisotopic (exact) mass is 404 g/mol. The molecule has 0 bridgehead atoms. The summed E-state index contributed by atoms with van der Waals surface area (Å²) in [6.45, 7) is 5.18. The van der Waals surface area contributed by atoms with E-state index >= 15 is 0 Å². The standard InChI is InChI=1S/C16H22BrFN2O4/c1-16(2,3)24-15(22)20-11(5-7-14(19)21)9-23-13-8-10(17)4-6-12(13)18/h4,6,8,11H,5,7,9H2,1-3H3,(H2,19,21)(H,20,22)/t11-/m0/s1. The second-order valence-corrected chi connectivity index (χ2v) is 7.15. The number of carbonyl (C=O) groups is 2. The summed E-state index contributed by atoms with van der Waals surface area (Å²) in [7, 11) is 0. The number of benzene rings is 1. The van der Waals surface area contributed by atoms with Crippen LogP contribution in [0.25, 0.3) is 0 Å². The van der Waals surface area contributed by atoms with Gasteiger partial charge in [0.2, 0.25) is 5.91 Å². The Morgan fingerprint density at radius 1 is 1.38 bits per heavy atom. The highest BCUT2D eigenvalue weighted by atomic mass is 79.9. The van der Waals surface area contributed by atoms with E-state index in [0.29, 0.717) is 4.47 Å². The first-order chi connectivity index (χ1) is 11.1. The molecular formula is C16H22BrFN2O4. The van der Waals surface area contributed by atoms with E-state index < -0.39 is 29.5 Å². The van der Waals surface area contributed by atoms with Crippen LogP contribution >= 0.6 is 15.9 Å². The van der Waals surface area contributed by atoms with Gasteiger partial charge in [-0.1, -0.05) is 15.9 Å². The van der Waals surface area contributed by atoms with Crippen LogP contribution in [0.15, 0.2) is 22.7 Å². The Bertz CT molecular complexity index is 590. The molecule has 2 amide bonds. The average molecular weight is 405 g/mol. The first-order valence-corrected chi connectivity index (χ1v) is 8.22. The molecule has 0 radical (unpaired) electrons. The summed E-state index contributed by atoms with van der Waals surface area (Å²) in [5.74, 6) is -0.983. The van der Waals surface area contributed by atoms with Gasteiger partial charge in [-0.2, -0.15) is 0 Å². The highest BCUT2D eigenvalue weighted by Crippen LogP contribution is 2.22. The van der Waals surface area contributed by atoms with E-state index in [9.17, 15) is 14.0 Å². The van der Waals surface area contributed by atoms with Crippen LogP contribution in [0.5, 0.6) is 5.75 Å². The van der Waals surface area contributed by atoms with E-state index in [4.69, 9.17) is 15.2 Å². The molecule has 0 aromatic heterocycles. The van der Waals surface area contributed by atoms with Crippen LogP contribution in [0.3, 0.4) is 0 Å². The number of ether oxygens (including phenoxy) is 2. The third kappa shape index (κ3) is 8.14. The van der Waals surface area contributed by atoms with E-state index in [-0.39, 0.29) is 25.2 Å². The number of carbonyl (C=O) groups excluding carboxylic acids is 2. The van der Waals surface area contributed by atoms with Crippen molar-refractivity contribution in [2.75, 3.05) is 6.61 Å². The van der Waals surface area contributed by atoms with Gasteiger partial charge >= 0.3 is 6.09 Å². The van der Waals surface area contributed by atoms with Crippen LogP contribution in [-0.2, 0) is 9.53 Å². The summed E-state index contributed by atoms with van der Waals surface area (Å²) in [6.07, 6.45) is -0.329. The lowest BCUT2D eigenvalue weighted by Gasteiger charge is -2.23. The molecule has 0 saturated heterocycles. The molecule has 3 N–H and O–H groups in total. The molecule has 0 saturated carbocycles. The van der Waals surface area contributed by atoms with E-state index in [2.05, 4.69) is 21.2 Å². The number of nitrogens with one attached hydrogen (secondary N) is 1. The number of nitrogens with two attached hydrogens (primary N) is 1. The van der Waals surface area contributed by atoms with Crippen LogP contribution in [0.1, 0.15) is 33.6 Å². The van der Waals surface area contributed by atoms with E-state index in [1.54, 1.807) is 26.8 Å². The molecule has 24 heavy (non-hydrogen) atoms. The molecule has 0 fully saturated rings. The van der Waals surface area contributed by atoms with E-state index in [1.165, 1.54) is 12.1 Å². The van der Waals surface area contributed by atoms with Gasteiger partial charge in [0.1, 0.15) is 12.2 Å². The largest absolute Gasteiger partial charge is 0.488 e. The van der Waals surface area contributed by atoms with Crippen LogP contribution in [0.4, 0.5) is 9.18 Å². The van der Waals surface area contributed by atoms with Gasteiger partial charge in [-0.15, -0.1) is 0 Å². The Morgan fingerprint density at radius 3 is 2.62 bits per heavy atom. The van der Waals surface area contributed by atoms with Crippen molar-refractivity contribution in [3.63, 3.8) is 0 Å². The lowest BCUT2D eigenvalue weighted by Crippen LogP contribution is -2.42. The molecule has 0 unspecified atom stereocenters. The highest BCUT2D eigenvalue weighted by molar-refractivity contribution is 9.10. The van der Waals surface area contributed by atoms with Gasteiger partial charge in [-0.05, 0) is 45.4 Å². The molecule has 1 aromatic rings. The lowest BCUT2D eigenvalue weighted by molar-refractivity contribution is -0.118. The summed E-state index contributed by atoms with van der Waals surface area (Å²) in [4.78, 5) is 22.8. The minimum atomic E-state index is -0.657. The zero-order chi connectivity index (χ0) is 18.3. The summed E-state index contributed by atoms with van der Waals surface area (Å²) in [5.41, 5.74) is 4.48. The van der Waals surface area contributed by atoms with Crippen molar-refractivity contribution in [1.82, 2.24) is 5.32 Å². The number of hydrogen-bond acceptors (Lipinski definition) is 4. The number of primary amides is 1. The van der Waals surface area contributed by atoms with E-state index in [1.807, 2.05) is 0 Å². The minimum absolute atomic E-state index is 0.0279. The summed E-state index contributed by atoms with van der Waals surface area (Å²) in [5, 5.41) is 2.61. The summed E-state index contributed by atoms with van der Waals surface area (Å²) >= 11 is 3.23. The Morgan fingerprint density at radius 2 is 2.04 bits per heavy atom. The second kappa shape index (κ2) is 8.86. The number of halogens is 2. The van der Waals surface area contributed by atoms with Crippen molar-refractivity contribution >= 4 is 27.9 Å². The van der Waals surface area contributed by atoms with Gasteiger partial charge in [-0.25, -0.2) is 9.18 Å². The SMILES string of the molecule is CC(C)(C)OC(=O)N[C@@H](CCC(N)=O)COc1cc(Br)ccc1F. The van der Waals surface area contributed by atoms with Crippen molar-refractivity contribution in [3.05, 3.63) is 28.5 Å². The normalized spacial score (nSPS) is 12.4. The third-order valence-corrected chi connectivity index (χ3v) is 3.29. The predicted molar refractivity (Wildman–Crippen MR) is 91.2 cm³/mol. The zero-order valence-electron chi connectivity index (χ0n) is 13.9. The smallest absolute Gasteiger partial charge is 0.407 e. The molecule has 0 aliphatic carbocycles. The molecule has 1 aromatic carbocycles. The van der Waals surface area contributed by atoms with Crippen LogP contribution in [0.2, 0.25) is 0 Å². The van der Waals surface area contributed by atoms with Gasteiger partial charge < -0.3 is 20.5 Å². The van der Waals surface area contributed by atoms with Gasteiger partial charge in [0.15, 0.2) is 11.6 Å². The van der Waals surface area contributed by atoms with Crippen LogP contribution in [-0.4, -0.2) is 30.3 Å². The Labute approximate surface area is 149 Å². The number of amides is 2. The number of rotatable bonds is 7. The quantitative estimate of drug-likeness (QED) is 0.730. The fourth-order valence-electron chi connectivity index (χ4n) is 1.77. The molecule has 0 aliphatic heterocycles. The van der Waals surface area contributed by atoms with Crippen LogP contribution < -0.4 is 15.8 Å². The fraction of sp³-hybridized carbons (Fsp3) is 0.500. The van der Waals surface area contributed by atoms with Crippen molar-refractivity contribution < 1.29 is 23.5 Å². The topological polar surface area (TPSA) is 90.6 Å². The zero-order valence-corrected chi connectivity index (χ0v) is 15.5. The Balaban J connectivity index is 2.69. The molecule has 0 heterocycles. The van der Waals surface area contributed by atoms with Crippen molar-refractivity contribution in [2.45, 2.75) is 45.3 Å². The van der Waals surface area contributed by atoms with Crippen LogP contribution in [0, 0.1) is 5.82 Å². The minimum Gasteiger partial charge on any atom is -0.488 e. The van der Waals surface area contributed by atoms with E-state index in [0.717, 1.165) is 0 Å². The molecule has 6 nitrogen and oxygen atoms in total. The maximum Gasteiger partial charge on any atom is 0.407 e. The maximum atomic E-state index is 13.7. The number of alkyl carbamates (subject to hydrolysis) is 1. The maximum absolute atomic E-state index is 13.7. The van der Waals surface area contributed by atoms with Gasteiger partial charge in [0, 0.05) is 10.9 Å². The first-order valence-electron chi connectivity index (χ1n) is 7.42. The Hall–Kier alpha value is -1.83. The van der Waals surface area contributed by atoms with Crippen molar-refractivity contribution in [3.8, 4) is 5.75 Å². The summed E-state index contributed by atoms with van der Waals surface area (Å²) < 4.78 is 24.9. The molecule has 0 aliphatic rings. The molecule has 134 valence electrons. The molecule has 0 spiro atoms. The predicted octanol–water partition coefficient (Wildman–Crippen LogP) is 3.13. The van der Waals surface area contributed by atoms with Gasteiger partial charge in [0.25, 0.3) is 0 Å². The average Bonchev–Trinajstić information content (AvgIpc) is 2.43. The van der Waals surface area contributed by atoms with Gasteiger partial charge in [0.05, 0.1) is 6.04 Å². The first kappa shape index (κ1) is 20.2. The molecule has 1 rings (SSSR count). The molecular weight excluding hydrogens is 383 g/mol. The van der Waals surface area contributed by atoms with Crippen molar-refractivity contribution in [2.24, 2.45) is 5.73 Å². The third-order valence-electron chi connectivity index (χ3n) is 2.79. The Kier molecular flexibility index (Phi) is 7.47. The van der Waals surface area contributed by atoms with Gasteiger partial charge in [-0.3, -0.25) is 4.79 Å². The highest BCUT2D eigenvalue weighted by Gasteiger charge is 2.20. The van der Waals surface area contributed by atoms with Crippen molar-refractivity contribution in [1.29, 1.82) is 0 Å². The fourth-order valence-corrected chi connectivity index (χ4v) is 2.11. The second-order valence-electron chi connectivity index (χ2n) is 6.23. The molecule has 1 atom stereocenters.